The van der Waals surface area contributed by atoms with E-state index < -0.39 is 0 Å². The molecule has 3 heteroatoms. The molecule has 0 saturated carbocycles. The molecule has 2 heterocycles. The highest BCUT2D eigenvalue weighted by molar-refractivity contribution is 5.95. The van der Waals surface area contributed by atoms with Gasteiger partial charge in [-0.15, -0.1) is 0 Å². The highest BCUT2D eigenvalue weighted by atomic mass is 15.2. The zero-order valence-electron chi connectivity index (χ0n) is 16.2. The molecule has 0 saturated heterocycles. The van der Waals surface area contributed by atoms with Crippen molar-refractivity contribution in [2.24, 2.45) is 0 Å². The summed E-state index contributed by atoms with van der Waals surface area (Å²) in [5, 5.41) is 1.33. The molecule has 2 aromatic carbocycles. The van der Waals surface area contributed by atoms with Gasteiger partial charge in [0.1, 0.15) is 0 Å². The second-order valence-corrected chi connectivity index (χ2v) is 7.16. The minimum absolute atomic E-state index is 0.732. The predicted octanol–water partition coefficient (Wildman–Crippen LogP) is 6.05. The van der Waals surface area contributed by atoms with Gasteiger partial charge in [0.05, 0.1) is 11.2 Å². The van der Waals surface area contributed by atoms with Gasteiger partial charge in [-0.25, -0.2) is 9.97 Å². The summed E-state index contributed by atoms with van der Waals surface area (Å²) >= 11 is 0. The summed E-state index contributed by atoms with van der Waals surface area (Å²) in [7, 11) is 0. The Morgan fingerprint density at radius 2 is 1.67 bits per heavy atom. The van der Waals surface area contributed by atoms with Crippen molar-refractivity contribution in [3.8, 4) is 17.2 Å². The molecule has 0 radical (unpaired) electrons. The van der Waals surface area contributed by atoms with Crippen LogP contribution < -0.4 is 0 Å². The van der Waals surface area contributed by atoms with Crippen LogP contribution in [0.5, 0.6) is 0 Å². The van der Waals surface area contributed by atoms with E-state index in [2.05, 4.69) is 77.8 Å². The Bertz CT molecular complexity index is 1060. The van der Waals surface area contributed by atoms with Gasteiger partial charge < -0.3 is 0 Å². The van der Waals surface area contributed by atoms with Crippen LogP contribution in [-0.2, 0) is 6.42 Å². The fourth-order valence-electron chi connectivity index (χ4n) is 3.97. The molecule has 4 aromatic rings. The van der Waals surface area contributed by atoms with E-state index >= 15 is 0 Å². The number of hydrogen-bond donors (Lipinski definition) is 0. The maximum atomic E-state index is 4.59. The van der Waals surface area contributed by atoms with Gasteiger partial charge in [-0.1, -0.05) is 55.3 Å². The highest BCUT2D eigenvalue weighted by Gasteiger charge is 2.22. The molecule has 136 valence electrons. The van der Waals surface area contributed by atoms with Crippen LogP contribution in [0.1, 0.15) is 36.5 Å². The maximum absolute atomic E-state index is 4.59. The first-order valence-corrected chi connectivity index (χ1v) is 9.68. The molecule has 0 atom stereocenters. The maximum Gasteiger partial charge on any atom is 0.234 e. The van der Waals surface area contributed by atoms with Crippen molar-refractivity contribution < 1.29 is 0 Å². The van der Waals surface area contributed by atoms with E-state index in [1.807, 2.05) is 18.5 Å². The molecule has 0 aliphatic rings. The van der Waals surface area contributed by atoms with Crippen molar-refractivity contribution in [2.75, 3.05) is 0 Å². The first-order valence-electron chi connectivity index (χ1n) is 9.68. The number of aromatic nitrogens is 3. The van der Waals surface area contributed by atoms with Gasteiger partial charge in [0.25, 0.3) is 0 Å². The summed E-state index contributed by atoms with van der Waals surface area (Å²) in [6.45, 7) is 6.61. The lowest BCUT2D eigenvalue weighted by molar-refractivity contribution is 0.797. The molecule has 0 unspecified atom stereocenters. The van der Waals surface area contributed by atoms with E-state index in [1.54, 1.807) is 0 Å². The van der Waals surface area contributed by atoms with Gasteiger partial charge in [-0.05, 0) is 55.5 Å². The van der Waals surface area contributed by atoms with Crippen LogP contribution in [0.15, 0.2) is 60.9 Å². The van der Waals surface area contributed by atoms with Gasteiger partial charge in [0.15, 0.2) is 0 Å². The van der Waals surface area contributed by atoms with Crippen LogP contribution in [0.4, 0.5) is 0 Å². The van der Waals surface area contributed by atoms with E-state index in [0.29, 0.717) is 0 Å². The summed E-state index contributed by atoms with van der Waals surface area (Å²) in [5.41, 5.74) is 7.61. The minimum Gasteiger partial charge on any atom is -0.277 e. The normalized spacial score (nSPS) is 11.2. The number of rotatable bonds is 5. The monoisotopic (exact) mass is 355 g/mol. The molecular weight excluding hydrogens is 330 g/mol. The van der Waals surface area contributed by atoms with Gasteiger partial charge >= 0.3 is 0 Å². The molecule has 0 aliphatic carbocycles. The Morgan fingerprint density at radius 1 is 0.926 bits per heavy atom. The minimum atomic E-state index is 0.732. The molecular formula is C24H25N3. The van der Waals surface area contributed by atoms with Crippen LogP contribution in [-0.4, -0.2) is 14.5 Å². The standard InChI is InChI=1S/C24H25N3/c1-4-5-12-20-21-16-17(2)15-18(3)22(21)27(24-25-13-9-14-26-24)23(20)19-10-7-6-8-11-19/h6-11,13-16H,4-5,12H2,1-3H3. The second-order valence-electron chi connectivity index (χ2n) is 7.16. The summed E-state index contributed by atoms with van der Waals surface area (Å²) in [5.74, 6) is 0.732. The van der Waals surface area contributed by atoms with E-state index in [9.17, 15) is 0 Å². The zero-order chi connectivity index (χ0) is 18.8. The third-order valence-electron chi connectivity index (χ3n) is 5.08. The van der Waals surface area contributed by atoms with Gasteiger partial charge in [0.2, 0.25) is 5.95 Å². The smallest absolute Gasteiger partial charge is 0.234 e. The van der Waals surface area contributed by atoms with Crippen LogP contribution in [0.2, 0.25) is 0 Å². The molecule has 2 aromatic heterocycles. The Labute approximate surface area is 160 Å². The number of nitrogens with zero attached hydrogens (tertiary/aromatic N) is 3. The molecule has 0 bridgehead atoms. The molecule has 27 heavy (non-hydrogen) atoms. The van der Waals surface area contributed by atoms with E-state index in [-0.39, 0.29) is 0 Å². The summed E-state index contributed by atoms with van der Waals surface area (Å²) in [6, 6.07) is 17.1. The van der Waals surface area contributed by atoms with E-state index in [0.717, 1.165) is 12.4 Å². The number of aryl methyl sites for hydroxylation is 3. The average Bonchev–Trinajstić information content (AvgIpc) is 3.02. The molecule has 0 fully saturated rings. The summed E-state index contributed by atoms with van der Waals surface area (Å²) < 4.78 is 2.25. The van der Waals surface area contributed by atoms with Crippen molar-refractivity contribution in [1.29, 1.82) is 0 Å². The first kappa shape index (κ1) is 17.5. The van der Waals surface area contributed by atoms with Crippen LogP contribution >= 0.6 is 0 Å². The van der Waals surface area contributed by atoms with Gasteiger partial charge in [-0.3, -0.25) is 4.57 Å². The Morgan fingerprint density at radius 3 is 2.37 bits per heavy atom. The van der Waals surface area contributed by atoms with Gasteiger partial charge in [-0.2, -0.15) is 0 Å². The lowest BCUT2D eigenvalue weighted by Gasteiger charge is -2.12. The summed E-state index contributed by atoms with van der Waals surface area (Å²) in [4.78, 5) is 9.19. The first-order chi connectivity index (χ1) is 13.2. The average molecular weight is 355 g/mol. The Balaban J connectivity index is 2.15. The second kappa shape index (κ2) is 7.36. The number of hydrogen-bond acceptors (Lipinski definition) is 2. The fourth-order valence-corrected chi connectivity index (χ4v) is 3.97. The molecule has 0 amide bonds. The number of unbranched alkanes of at least 4 members (excludes halogenated alkanes) is 1. The van der Waals surface area contributed by atoms with Crippen molar-refractivity contribution in [2.45, 2.75) is 40.0 Å². The molecule has 0 spiro atoms. The van der Waals surface area contributed by atoms with Crippen molar-refractivity contribution in [3.63, 3.8) is 0 Å². The number of fused-ring (bicyclic) bond motifs is 1. The van der Waals surface area contributed by atoms with Gasteiger partial charge in [0, 0.05) is 17.8 Å². The SMILES string of the molecule is CCCCc1c(-c2ccccc2)n(-c2ncccn2)c2c(C)cc(C)cc12. The quantitative estimate of drug-likeness (QED) is 0.436. The summed E-state index contributed by atoms with van der Waals surface area (Å²) in [6.07, 6.45) is 7.03. The van der Waals surface area contributed by atoms with E-state index in [1.165, 1.54) is 51.7 Å². The van der Waals surface area contributed by atoms with E-state index in [4.69, 9.17) is 0 Å². The van der Waals surface area contributed by atoms with Crippen LogP contribution in [0.25, 0.3) is 28.1 Å². The van der Waals surface area contributed by atoms with Crippen LogP contribution in [0, 0.1) is 13.8 Å². The zero-order valence-corrected chi connectivity index (χ0v) is 16.2. The third kappa shape index (κ3) is 3.14. The van der Waals surface area contributed by atoms with Crippen molar-refractivity contribution >= 4 is 10.9 Å². The van der Waals surface area contributed by atoms with Crippen molar-refractivity contribution in [3.05, 3.63) is 77.6 Å². The fraction of sp³-hybridized carbons (Fsp3) is 0.250. The number of benzene rings is 2. The molecule has 0 N–H and O–H groups in total. The molecule has 3 nitrogen and oxygen atoms in total. The largest absolute Gasteiger partial charge is 0.277 e. The highest BCUT2D eigenvalue weighted by Crippen LogP contribution is 2.38. The lowest BCUT2D eigenvalue weighted by atomic mass is 9.98. The lowest BCUT2D eigenvalue weighted by Crippen LogP contribution is -2.03. The third-order valence-corrected chi connectivity index (χ3v) is 5.08. The molecule has 4 rings (SSSR count). The Kier molecular flexibility index (Phi) is 4.76. The predicted molar refractivity (Wildman–Crippen MR) is 112 cm³/mol. The molecule has 0 aliphatic heterocycles. The van der Waals surface area contributed by atoms with Crippen LogP contribution in [0.3, 0.4) is 0 Å². The topological polar surface area (TPSA) is 30.7 Å². The Hall–Kier alpha value is -2.94. The van der Waals surface area contributed by atoms with Crippen molar-refractivity contribution in [1.82, 2.24) is 14.5 Å².